The van der Waals surface area contributed by atoms with Crippen molar-refractivity contribution in [3.63, 3.8) is 0 Å². The molecule has 2 N–H and O–H groups in total. The van der Waals surface area contributed by atoms with E-state index in [1.54, 1.807) is 30.9 Å². The van der Waals surface area contributed by atoms with Crippen molar-refractivity contribution in [2.75, 3.05) is 16.8 Å². The van der Waals surface area contributed by atoms with Gasteiger partial charge >= 0.3 is 5.97 Å². The second-order valence-electron chi connectivity index (χ2n) is 8.82. The zero-order valence-corrected chi connectivity index (χ0v) is 22.0. The van der Waals surface area contributed by atoms with Gasteiger partial charge in [-0.05, 0) is 79.7 Å². The molecule has 1 unspecified atom stereocenters. The standard InChI is InChI=1S/C27H41N3O2S/c1-20(2)9-7-10-22(5)11-8-12-24(14-13-21(3)4)16-18-33-19-25(27(31)32)30-26-15-17-28-23(6)29-26/h9,11,13,15-17,25H,7-8,10,12,14,18-19H2,1-6H3,(H,31,32)(H,28,29,30). The molecule has 0 bridgehead atoms. The van der Waals surface area contributed by atoms with E-state index in [-0.39, 0.29) is 0 Å². The van der Waals surface area contributed by atoms with Crippen LogP contribution in [0.25, 0.3) is 0 Å². The normalized spacial score (nSPS) is 12.8. The Kier molecular flexibility index (Phi) is 14.2. The highest BCUT2D eigenvalue weighted by molar-refractivity contribution is 7.99. The van der Waals surface area contributed by atoms with Gasteiger partial charge in [0.2, 0.25) is 0 Å². The smallest absolute Gasteiger partial charge is 0.327 e. The van der Waals surface area contributed by atoms with Gasteiger partial charge in [-0.15, -0.1) is 0 Å². The zero-order valence-electron chi connectivity index (χ0n) is 21.1. The van der Waals surface area contributed by atoms with Gasteiger partial charge in [0.25, 0.3) is 0 Å². The van der Waals surface area contributed by atoms with E-state index in [0.717, 1.165) is 37.9 Å². The molecule has 1 rings (SSSR count). The number of carboxylic acid groups (broad SMARTS) is 1. The number of hydrogen-bond donors (Lipinski definition) is 2. The Morgan fingerprint density at radius 3 is 2.39 bits per heavy atom. The predicted octanol–water partition coefficient (Wildman–Crippen LogP) is 7.14. The van der Waals surface area contributed by atoms with Crippen LogP contribution in [-0.4, -0.2) is 38.6 Å². The number of allylic oxidation sites excluding steroid dienone is 7. The first kappa shape index (κ1) is 28.7. The summed E-state index contributed by atoms with van der Waals surface area (Å²) in [4.78, 5) is 20.0. The second-order valence-corrected chi connectivity index (χ2v) is 9.89. The first-order chi connectivity index (χ1) is 15.7. The average Bonchev–Trinajstić information content (AvgIpc) is 2.73. The van der Waals surface area contributed by atoms with Crippen molar-refractivity contribution in [3.05, 3.63) is 64.7 Å². The van der Waals surface area contributed by atoms with Crippen molar-refractivity contribution in [2.45, 2.75) is 79.7 Å². The molecule has 1 aromatic heterocycles. The first-order valence-electron chi connectivity index (χ1n) is 11.6. The van der Waals surface area contributed by atoms with Crippen LogP contribution in [0.1, 0.15) is 72.5 Å². The number of aryl methyl sites for hydroxylation is 1. The van der Waals surface area contributed by atoms with Crippen molar-refractivity contribution >= 4 is 23.5 Å². The SMILES string of the molecule is CC(C)=CCCC(C)=CCCC(=CCSCC(Nc1ccnc(C)n1)C(=O)O)CC=C(C)C. The first-order valence-corrected chi connectivity index (χ1v) is 12.8. The van der Waals surface area contributed by atoms with Crippen LogP contribution in [0.2, 0.25) is 0 Å². The fraction of sp³-hybridized carbons (Fsp3) is 0.519. The highest BCUT2D eigenvalue weighted by atomic mass is 32.2. The lowest BCUT2D eigenvalue weighted by Crippen LogP contribution is -2.32. The number of rotatable bonds is 15. The van der Waals surface area contributed by atoms with Gasteiger partial charge in [-0.1, -0.05) is 46.6 Å². The lowest BCUT2D eigenvalue weighted by molar-refractivity contribution is -0.137. The van der Waals surface area contributed by atoms with Crippen LogP contribution >= 0.6 is 11.8 Å². The van der Waals surface area contributed by atoms with E-state index in [1.165, 1.54) is 22.3 Å². The Bertz CT molecular complexity index is 864. The van der Waals surface area contributed by atoms with E-state index >= 15 is 0 Å². The molecule has 0 amide bonds. The number of hydrogen-bond acceptors (Lipinski definition) is 5. The monoisotopic (exact) mass is 471 g/mol. The van der Waals surface area contributed by atoms with Crippen molar-refractivity contribution in [3.8, 4) is 0 Å². The average molecular weight is 472 g/mol. The highest BCUT2D eigenvalue weighted by Crippen LogP contribution is 2.18. The molecular weight excluding hydrogens is 430 g/mol. The number of aliphatic carboxylic acids is 1. The molecule has 0 aliphatic heterocycles. The summed E-state index contributed by atoms with van der Waals surface area (Å²) in [7, 11) is 0. The van der Waals surface area contributed by atoms with E-state index < -0.39 is 12.0 Å². The maximum Gasteiger partial charge on any atom is 0.327 e. The fourth-order valence-electron chi connectivity index (χ4n) is 3.07. The minimum Gasteiger partial charge on any atom is -0.480 e. The number of nitrogens with one attached hydrogen (secondary N) is 1. The van der Waals surface area contributed by atoms with Crippen LogP contribution in [0.15, 0.2) is 58.9 Å². The van der Waals surface area contributed by atoms with Crippen molar-refractivity contribution in [1.82, 2.24) is 9.97 Å². The molecule has 182 valence electrons. The van der Waals surface area contributed by atoms with Crippen LogP contribution in [0.3, 0.4) is 0 Å². The number of carboxylic acids is 1. The quantitative estimate of drug-likeness (QED) is 0.209. The van der Waals surface area contributed by atoms with E-state index in [2.05, 4.69) is 74.2 Å². The van der Waals surface area contributed by atoms with E-state index in [1.807, 2.05) is 0 Å². The summed E-state index contributed by atoms with van der Waals surface area (Å²) in [5.41, 5.74) is 5.54. The molecule has 0 fully saturated rings. The summed E-state index contributed by atoms with van der Waals surface area (Å²) in [5.74, 6) is 1.55. The molecule has 0 radical (unpaired) electrons. The molecule has 0 aliphatic rings. The van der Waals surface area contributed by atoms with Crippen molar-refractivity contribution in [1.29, 1.82) is 0 Å². The zero-order chi connectivity index (χ0) is 24.6. The molecule has 6 heteroatoms. The summed E-state index contributed by atoms with van der Waals surface area (Å²) in [6, 6.07) is 1.01. The second kappa shape index (κ2) is 16.3. The molecule has 0 saturated heterocycles. The number of carbonyl (C=O) groups is 1. The molecule has 1 heterocycles. The third kappa shape index (κ3) is 14.4. The lowest BCUT2D eigenvalue weighted by atomic mass is 10.0. The molecule has 33 heavy (non-hydrogen) atoms. The molecule has 0 aliphatic carbocycles. The Hall–Kier alpha value is -2.34. The summed E-state index contributed by atoms with van der Waals surface area (Å²) in [5, 5.41) is 12.6. The summed E-state index contributed by atoms with van der Waals surface area (Å²) in [6.45, 7) is 12.5. The highest BCUT2D eigenvalue weighted by Gasteiger charge is 2.17. The molecule has 1 atom stereocenters. The summed E-state index contributed by atoms with van der Waals surface area (Å²) in [6.07, 6.45) is 16.1. The number of aromatic nitrogens is 2. The lowest BCUT2D eigenvalue weighted by Gasteiger charge is -2.14. The van der Waals surface area contributed by atoms with Crippen molar-refractivity contribution < 1.29 is 9.90 Å². The third-order valence-corrected chi connectivity index (χ3v) is 5.96. The van der Waals surface area contributed by atoms with Gasteiger partial charge in [-0.25, -0.2) is 14.8 Å². The van der Waals surface area contributed by atoms with E-state index in [4.69, 9.17) is 0 Å². The minimum atomic E-state index is -0.874. The molecule has 1 aromatic rings. The van der Waals surface area contributed by atoms with Gasteiger partial charge in [-0.3, -0.25) is 0 Å². The number of thioether (sulfide) groups is 1. The molecular formula is C27H41N3O2S. The largest absolute Gasteiger partial charge is 0.480 e. The molecule has 0 saturated carbocycles. The van der Waals surface area contributed by atoms with Gasteiger partial charge in [0.1, 0.15) is 17.7 Å². The Morgan fingerprint density at radius 2 is 1.76 bits per heavy atom. The van der Waals surface area contributed by atoms with E-state index in [0.29, 0.717) is 17.4 Å². The van der Waals surface area contributed by atoms with Crippen LogP contribution in [0.5, 0.6) is 0 Å². The Balaban J connectivity index is 2.61. The summed E-state index contributed by atoms with van der Waals surface area (Å²) >= 11 is 1.62. The topological polar surface area (TPSA) is 75.1 Å². The van der Waals surface area contributed by atoms with Crippen molar-refractivity contribution in [2.24, 2.45) is 0 Å². The minimum absolute atomic E-state index is 0.466. The van der Waals surface area contributed by atoms with Gasteiger partial charge in [-0.2, -0.15) is 11.8 Å². The number of nitrogens with zero attached hydrogens (tertiary/aromatic N) is 2. The predicted molar refractivity (Wildman–Crippen MR) is 143 cm³/mol. The van der Waals surface area contributed by atoms with Crippen LogP contribution in [-0.2, 0) is 4.79 Å². The maximum atomic E-state index is 11.7. The Morgan fingerprint density at radius 1 is 1.06 bits per heavy atom. The molecule has 0 aromatic carbocycles. The summed E-state index contributed by atoms with van der Waals surface area (Å²) < 4.78 is 0. The van der Waals surface area contributed by atoms with Gasteiger partial charge in [0.05, 0.1) is 0 Å². The Labute approximate surface area is 204 Å². The van der Waals surface area contributed by atoms with Crippen LogP contribution in [0.4, 0.5) is 5.82 Å². The number of anilines is 1. The fourth-order valence-corrected chi connectivity index (χ4v) is 4.02. The molecule has 0 spiro atoms. The van der Waals surface area contributed by atoms with Gasteiger partial charge in [0, 0.05) is 17.7 Å². The van der Waals surface area contributed by atoms with E-state index in [9.17, 15) is 9.90 Å². The molecule has 5 nitrogen and oxygen atoms in total. The maximum absolute atomic E-state index is 11.7. The van der Waals surface area contributed by atoms with Gasteiger partial charge in [0.15, 0.2) is 0 Å². The third-order valence-electron chi connectivity index (χ3n) is 4.99. The van der Waals surface area contributed by atoms with Gasteiger partial charge < -0.3 is 10.4 Å². The van der Waals surface area contributed by atoms with Crippen LogP contribution in [0, 0.1) is 6.92 Å². The van der Waals surface area contributed by atoms with Crippen LogP contribution < -0.4 is 5.32 Å².